The van der Waals surface area contributed by atoms with Crippen LogP contribution in [0.1, 0.15) is 57.8 Å². The van der Waals surface area contributed by atoms with E-state index in [9.17, 15) is 0 Å². The normalized spacial score (nSPS) is 30.8. The Morgan fingerprint density at radius 2 is 1.47 bits per heavy atom. The van der Waals surface area contributed by atoms with Crippen LogP contribution in [0.5, 0.6) is 0 Å². The Bertz CT molecular complexity index is 272. The Balaban J connectivity index is 1.44. The number of likely N-dealkylation sites (tertiary alicyclic amines) is 2. The molecule has 0 spiro atoms. The van der Waals surface area contributed by atoms with Crippen LogP contribution in [0.3, 0.4) is 0 Å². The second-order valence-corrected chi connectivity index (χ2v) is 7.17. The van der Waals surface area contributed by atoms with Crippen LogP contribution in [0.2, 0.25) is 0 Å². The van der Waals surface area contributed by atoms with Gasteiger partial charge in [0.2, 0.25) is 0 Å². The molecular formula is C16H31N3. The number of nitrogens with two attached hydrogens (primary N) is 1. The van der Waals surface area contributed by atoms with E-state index < -0.39 is 0 Å². The van der Waals surface area contributed by atoms with Gasteiger partial charge in [0.1, 0.15) is 0 Å². The molecule has 0 unspecified atom stereocenters. The van der Waals surface area contributed by atoms with Gasteiger partial charge < -0.3 is 15.5 Å². The highest BCUT2D eigenvalue weighted by atomic mass is 15.2. The van der Waals surface area contributed by atoms with Gasteiger partial charge in [0.25, 0.3) is 0 Å². The van der Waals surface area contributed by atoms with E-state index in [0.29, 0.717) is 0 Å². The summed E-state index contributed by atoms with van der Waals surface area (Å²) in [5.41, 5.74) is 6.67. The minimum Gasteiger partial charge on any atom is -0.324 e. The molecule has 1 aliphatic carbocycles. The minimum absolute atomic E-state index is 0.151. The molecule has 2 N–H and O–H groups in total. The predicted molar refractivity (Wildman–Crippen MR) is 80.3 cm³/mol. The van der Waals surface area contributed by atoms with E-state index in [0.717, 1.165) is 12.6 Å². The van der Waals surface area contributed by atoms with Crippen molar-refractivity contribution in [3.05, 3.63) is 0 Å². The summed E-state index contributed by atoms with van der Waals surface area (Å²) in [6.45, 7) is 6.41. The quantitative estimate of drug-likeness (QED) is 0.849. The van der Waals surface area contributed by atoms with Crippen molar-refractivity contribution in [3.63, 3.8) is 0 Å². The SMILES string of the molecule is NC1(CN2CCC(N3CCCCC3)CC2)CCCC1. The molecular weight excluding hydrogens is 234 g/mol. The fraction of sp³-hybridized carbons (Fsp3) is 1.00. The molecule has 3 nitrogen and oxygen atoms in total. The predicted octanol–water partition coefficient (Wildman–Crippen LogP) is 2.21. The third kappa shape index (κ3) is 3.50. The monoisotopic (exact) mass is 265 g/mol. The van der Waals surface area contributed by atoms with Gasteiger partial charge in [-0.25, -0.2) is 0 Å². The Hall–Kier alpha value is -0.120. The lowest BCUT2D eigenvalue weighted by Gasteiger charge is -2.42. The van der Waals surface area contributed by atoms with Crippen LogP contribution < -0.4 is 5.73 Å². The Labute approximate surface area is 118 Å². The molecule has 2 heterocycles. The van der Waals surface area contributed by atoms with Crippen LogP contribution in [0.4, 0.5) is 0 Å². The standard InChI is InChI=1S/C16H31N3/c17-16(8-2-3-9-16)14-18-12-6-15(7-13-18)19-10-4-1-5-11-19/h15H,1-14,17H2. The third-order valence-electron chi connectivity index (χ3n) is 5.60. The first-order chi connectivity index (χ1) is 9.25. The molecule has 110 valence electrons. The van der Waals surface area contributed by atoms with Gasteiger partial charge in [0.05, 0.1) is 0 Å². The maximum absolute atomic E-state index is 6.52. The minimum atomic E-state index is 0.151. The molecule has 0 aromatic heterocycles. The molecule has 19 heavy (non-hydrogen) atoms. The van der Waals surface area contributed by atoms with Crippen molar-refractivity contribution in [3.8, 4) is 0 Å². The summed E-state index contributed by atoms with van der Waals surface area (Å²) in [4.78, 5) is 5.40. The number of hydrogen-bond donors (Lipinski definition) is 1. The van der Waals surface area contributed by atoms with Crippen molar-refractivity contribution in [1.82, 2.24) is 9.80 Å². The smallest absolute Gasteiger partial charge is 0.0283 e. The number of nitrogens with zero attached hydrogens (tertiary/aromatic N) is 2. The van der Waals surface area contributed by atoms with Gasteiger partial charge >= 0.3 is 0 Å². The Kier molecular flexibility index (Phi) is 4.45. The molecule has 0 aromatic rings. The van der Waals surface area contributed by atoms with Crippen LogP contribution in [0.15, 0.2) is 0 Å². The van der Waals surface area contributed by atoms with Crippen LogP contribution >= 0.6 is 0 Å². The van der Waals surface area contributed by atoms with E-state index in [1.165, 1.54) is 84.0 Å². The summed E-state index contributed by atoms with van der Waals surface area (Å²) < 4.78 is 0. The largest absolute Gasteiger partial charge is 0.324 e. The highest BCUT2D eigenvalue weighted by molar-refractivity contribution is 4.93. The van der Waals surface area contributed by atoms with Crippen molar-refractivity contribution in [2.45, 2.75) is 69.4 Å². The first-order valence-electron chi connectivity index (χ1n) is 8.51. The molecule has 2 saturated heterocycles. The van der Waals surface area contributed by atoms with Crippen LogP contribution in [-0.2, 0) is 0 Å². The maximum atomic E-state index is 6.52. The van der Waals surface area contributed by atoms with Crippen molar-refractivity contribution in [1.29, 1.82) is 0 Å². The molecule has 3 rings (SSSR count). The highest BCUT2D eigenvalue weighted by Gasteiger charge is 2.33. The van der Waals surface area contributed by atoms with Crippen LogP contribution in [-0.4, -0.2) is 54.1 Å². The second kappa shape index (κ2) is 6.11. The summed E-state index contributed by atoms with van der Waals surface area (Å²) in [6.07, 6.45) is 12.2. The van der Waals surface area contributed by atoms with E-state index in [4.69, 9.17) is 5.73 Å². The van der Waals surface area contributed by atoms with Crippen molar-refractivity contribution >= 4 is 0 Å². The fourth-order valence-electron chi connectivity index (χ4n) is 4.41. The first kappa shape index (κ1) is 13.8. The van der Waals surface area contributed by atoms with Gasteiger partial charge in [-0.1, -0.05) is 19.3 Å². The van der Waals surface area contributed by atoms with E-state index >= 15 is 0 Å². The second-order valence-electron chi connectivity index (χ2n) is 7.17. The molecule has 2 aliphatic heterocycles. The molecule has 3 heteroatoms. The van der Waals surface area contributed by atoms with Crippen molar-refractivity contribution < 1.29 is 0 Å². The lowest BCUT2D eigenvalue weighted by atomic mass is 9.95. The van der Waals surface area contributed by atoms with Crippen LogP contribution in [0.25, 0.3) is 0 Å². The van der Waals surface area contributed by atoms with E-state index in [1.54, 1.807) is 0 Å². The lowest BCUT2D eigenvalue weighted by molar-refractivity contribution is 0.0819. The topological polar surface area (TPSA) is 32.5 Å². The van der Waals surface area contributed by atoms with Crippen molar-refractivity contribution in [2.75, 3.05) is 32.7 Å². The zero-order chi connectivity index (χ0) is 13.1. The molecule has 1 saturated carbocycles. The number of hydrogen-bond acceptors (Lipinski definition) is 3. The Morgan fingerprint density at radius 1 is 0.842 bits per heavy atom. The van der Waals surface area contributed by atoms with Gasteiger partial charge in [0, 0.05) is 18.1 Å². The van der Waals surface area contributed by atoms with E-state index in [2.05, 4.69) is 9.80 Å². The maximum Gasteiger partial charge on any atom is 0.0283 e. The zero-order valence-electron chi connectivity index (χ0n) is 12.4. The van der Waals surface area contributed by atoms with Gasteiger partial charge in [0.15, 0.2) is 0 Å². The van der Waals surface area contributed by atoms with Crippen LogP contribution in [0, 0.1) is 0 Å². The van der Waals surface area contributed by atoms with E-state index in [-0.39, 0.29) is 5.54 Å². The molecule has 3 aliphatic rings. The molecule has 0 amide bonds. The summed E-state index contributed by atoms with van der Waals surface area (Å²) in [5, 5.41) is 0. The third-order valence-corrected chi connectivity index (χ3v) is 5.60. The lowest BCUT2D eigenvalue weighted by Crippen LogP contribution is -2.53. The highest BCUT2D eigenvalue weighted by Crippen LogP contribution is 2.29. The average molecular weight is 265 g/mol. The fourth-order valence-corrected chi connectivity index (χ4v) is 4.41. The zero-order valence-corrected chi connectivity index (χ0v) is 12.4. The van der Waals surface area contributed by atoms with Crippen molar-refractivity contribution in [2.24, 2.45) is 5.73 Å². The molecule has 0 aromatic carbocycles. The summed E-state index contributed by atoms with van der Waals surface area (Å²) >= 11 is 0. The summed E-state index contributed by atoms with van der Waals surface area (Å²) in [7, 11) is 0. The first-order valence-corrected chi connectivity index (χ1v) is 8.51. The molecule has 0 bridgehead atoms. The number of piperidine rings is 2. The molecule has 3 fully saturated rings. The molecule has 0 atom stereocenters. The average Bonchev–Trinajstić information content (AvgIpc) is 2.87. The molecule has 0 radical (unpaired) electrons. The van der Waals surface area contributed by atoms with Gasteiger partial charge in [-0.2, -0.15) is 0 Å². The number of rotatable bonds is 3. The van der Waals surface area contributed by atoms with Gasteiger partial charge in [-0.3, -0.25) is 0 Å². The van der Waals surface area contributed by atoms with E-state index in [1.807, 2.05) is 0 Å². The summed E-state index contributed by atoms with van der Waals surface area (Å²) in [6, 6.07) is 0.869. The van der Waals surface area contributed by atoms with Gasteiger partial charge in [-0.15, -0.1) is 0 Å². The summed E-state index contributed by atoms with van der Waals surface area (Å²) in [5.74, 6) is 0. The Morgan fingerprint density at radius 3 is 2.11 bits per heavy atom. The van der Waals surface area contributed by atoms with Gasteiger partial charge in [-0.05, 0) is 64.7 Å².